The van der Waals surface area contributed by atoms with Crippen molar-refractivity contribution in [2.75, 3.05) is 19.7 Å². The van der Waals surface area contributed by atoms with Crippen molar-refractivity contribution in [3.63, 3.8) is 0 Å². The lowest BCUT2D eigenvalue weighted by molar-refractivity contribution is 0.0567. The van der Waals surface area contributed by atoms with Crippen LogP contribution in [0.2, 0.25) is 0 Å². The molecule has 1 saturated heterocycles. The summed E-state index contributed by atoms with van der Waals surface area (Å²) in [4.78, 5) is 13.5. The van der Waals surface area contributed by atoms with Gasteiger partial charge in [-0.1, -0.05) is 30.3 Å². The number of rotatable bonds is 4. The standard InChI is InChI=1S/C15H20FNO3/c16-14(10-18)13-6-8-17(9-7-13)15(19)20-11-12-4-2-1-3-5-12/h1-5,13-14,18H,6-11H2/t14-/m0/s1. The van der Waals surface area contributed by atoms with Gasteiger partial charge in [-0.25, -0.2) is 9.18 Å². The zero-order valence-electron chi connectivity index (χ0n) is 11.4. The molecule has 0 spiro atoms. The quantitative estimate of drug-likeness (QED) is 0.921. The molecule has 0 saturated carbocycles. The predicted octanol–water partition coefficient (Wildman–Crippen LogP) is 2.37. The maximum atomic E-state index is 13.3. The van der Waals surface area contributed by atoms with Gasteiger partial charge in [-0.3, -0.25) is 0 Å². The van der Waals surface area contributed by atoms with Crippen molar-refractivity contribution in [2.24, 2.45) is 5.92 Å². The smallest absolute Gasteiger partial charge is 0.410 e. The molecule has 1 fully saturated rings. The molecule has 4 nitrogen and oxygen atoms in total. The first kappa shape index (κ1) is 14.8. The summed E-state index contributed by atoms with van der Waals surface area (Å²) in [6.45, 7) is 0.780. The third-order valence-corrected chi connectivity index (χ3v) is 3.69. The monoisotopic (exact) mass is 281 g/mol. The fraction of sp³-hybridized carbons (Fsp3) is 0.533. The number of amides is 1. The number of hydrogen-bond donors (Lipinski definition) is 1. The number of nitrogens with zero attached hydrogens (tertiary/aromatic N) is 1. The highest BCUT2D eigenvalue weighted by Crippen LogP contribution is 2.23. The summed E-state index contributed by atoms with van der Waals surface area (Å²) in [6.07, 6.45) is -0.395. The number of piperidine rings is 1. The van der Waals surface area contributed by atoms with Crippen LogP contribution in [0, 0.1) is 5.92 Å². The minimum atomic E-state index is -1.18. The number of aliphatic hydroxyl groups excluding tert-OH is 1. The topological polar surface area (TPSA) is 49.8 Å². The van der Waals surface area contributed by atoms with Gasteiger partial charge in [0.1, 0.15) is 12.8 Å². The number of ether oxygens (including phenoxy) is 1. The molecule has 0 radical (unpaired) electrons. The van der Waals surface area contributed by atoms with E-state index in [1.165, 1.54) is 0 Å². The molecule has 110 valence electrons. The summed E-state index contributed by atoms with van der Waals surface area (Å²) < 4.78 is 18.6. The van der Waals surface area contributed by atoms with Crippen LogP contribution in [0.1, 0.15) is 18.4 Å². The summed E-state index contributed by atoms with van der Waals surface area (Å²) in [5.41, 5.74) is 0.944. The van der Waals surface area contributed by atoms with Gasteiger partial charge < -0.3 is 14.7 Å². The molecule has 0 aliphatic carbocycles. The molecule has 1 aliphatic heterocycles. The second kappa shape index (κ2) is 7.24. The van der Waals surface area contributed by atoms with E-state index in [-0.39, 0.29) is 18.6 Å². The number of aliphatic hydroxyl groups is 1. The third-order valence-electron chi connectivity index (χ3n) is 3.69. The Bertz CT molecular complexity index is 418. The molecule has 0 bridgehead atoms. The van der Waals surface area contributed by atoms with E-state index in [0.29, 0.717) is 25.9 Å². The zero-order valence-corrected chi connectivity index (χ0v) is 11.4. The molecule has 0 aromatic heterocycles. The van der Waals surface area contributed by atoms with Gasteiger partial charge in [-0.05, 0) is 24.3 Å². The Hall–Kier alpha value is -1.62. The van der Waals surface area contributed by atoms with Gasteiger partial charge in [-0.15, -0.1) is 0 Å². The fourth-order valence-electron chi connectivity index (χ4n) is 2.40. The molecule has 0 unspecified atom stereocenters. The largest absolute Gasteiger partial charge is 0.445 e. The predicted molar refractivity (Wildman–Crippen MR) is 72.9 cm³/mol. The van der Waals surface area contributed by atoms with E-state index >= 15 is 0 Å². The van der Waals surface area contributed by atoms with Crippen LogP contribution >= 0.6 is 0 Å². The van der Waals surface area contributed by atoms with Crippen LogP contribution in [-0.2, 0) is 11.3 Å². The highest BCUT2D eigenvalue weighted by molar-refractivity contribution is 5.67. The molecule has 1 N–H and O–H groups in total. The van der Waals surface area contributed by atoms with E-state index < -0.39 is 12.8 Å². The minimum Gasteiger partial charge on any atom is -0.445 e. The molecule has 2 rings (SSSR count). The Kier molecular flexibility index (Phi) is 5.35. The molecule has 1 aromatic carbocycles. The fourth-order valence-corrected chi connectivity index (χ4v) is 2.40. The second-order valence-corrected chi connectivity index (χ2v) is 5.06. The van der Waals surface area contributed by atoms with Crippen molar-refractivity contribution >= 4 is 6.09 Å². The molecular formula is C15H20FNO3. The number of carbonyl (C=O) groups is 1. The average Bonchev–Trinajstić information content (AvgIpc) is 2.53. The summed E-state index contributed by atoms with van der Waals surface area (Å²) in [5, 5.41) is 8.79. The van der Waals surface area contributed by atoms with Crippen LogP contribution in [0.4, 0.5) is 9.18 Å². The van der Waals surface area contributed by atoms with E-state index in [9.17, 15) is 9.18 Å². The summed E-state index contributed by atoms with van der Waals surface area (Å²) in [5.74, 6) is -0.154. The van der Waals surface area contributed by atoms with Gasteiger partial charge in [0, 0.05) is 13.1 Å². The van der Waals surface area contributed by atoms with E-state index in [1.807, 2.05) is 30.3 Å². The summed E-state index contributed by atoms with van der Waals surface area (Å²) in [7, 11) is 0. The number of carbonyl (C=O) groups excluding carboxylic acids is 1. The summed E-state index contributed by atoms with van der Waals surface area (Å²) in [6, 6.07) is 9.49. The molecular weight excluding hydrogens is 261 g/mol. The highest BCUT2D eigenvalue weighted by Gasteiger charge is 2.28. The number of likely N-dealkylation sites (tertiary alicyclic amines) is 1. The van der Waals surface area contributed by atoms with Crippen molar-refractivity contribution in [1.82, 2.24) is 4.90 Å². The number of hydrogen-bond acceptors (Lipinski definition) is 3. The van der Waals surface area contributed by atoms with E-state index in [0.717, 1.165) is 5.56 Å². The van der Waals surface area contributed by atoms with Gasteiger partial charge in [-0.2, -0.15) is 0 Å². The average molecular weight is 281 g/mol. The van der Waals surface area contributed by atoms with Crippen LogP contribution in [0.15, 0.2) is 30.3 Å². The van der Waals surface area contributed by atoms with Crippen LogP contribution in [-0.4, -0.2) is 42.0 Å². The first-order valence-electron chi connectivity index (χ1n) is 6.91. The van der Waals surface area contributed by atoms with E-state index in [1.54, 1.807) is 4.90 Å². The van der Waals surface area contributed by atoms with Crippen LogP contribution < -0.4 is 0 Å². The van der Waals surface area contributed by atoms with Gasteiger partial charge in [0.2, 0.25) is 0 Å². The zero-order chi connectivity index (χ0) is 14.4. The maximum absolute atomic E-state index is 13.3. The first-order chi connectivity index (χ1) is 9.70. The van der Waals surface area contributed by atoms with Crippen molar-refractivity contribution < 1.29 is 19.0 Å². The van der Waals surface area contributed by atoms with E-state index in [4.69, 9.17) is 9.84 Å². The molecule has 1 atom stereocenters. The molecule has 20 heavy (non-hydrogen) atoms. The second-order valence-electron chi connectivity index (χ2n) is 5.06. The van der Waals surface area contributed by atoms with Crippen molar-refractivity contribution in [3.05, 3.63) is 35.9 Å². The molecule has 1 heterocycles. The first-order valence-corrected chi connectivity index (χ1v) is 6.91. The van der Waals surface area contributed by atoms with Crippen LogP contribution in [0.3, 0.4) is 0 Å². The van der Waals surface area contributed by atoms with Crippen LogP contribution in [0.25, 0.3) is 0 Å². The van der Waals surface area contributed by atoms with Crippen molar-refractivity contribution in [2.45, 2.75) is 25.6 Å². The SMILES string of the molecule is O=C(OCc1ccccc1)N1CCC([C@@H](F)CO)CC1. The lowest BCUT2D eigenvalue weighted by Gasteiger charge is -2.32. The van der Waals surface area contributed by atoms with Gasteiger partial charge in [0.15, 0.2) is 0 Å². The Morgan fingerprint density at radius 2 is 2.00 bits per heavy atom. The molecule has 1 amide bonds. The lowest BCUT2D eigenvalue weighted by atomic mass is 9.93. The number of alkyl halides is 1. The number of halogens is 1. The van der Waals surface area contributed by atoms with Gasteiger partial charge in [0.05, 0.1) is 6.61 Å². The Labute approximate surface area is 118 Å². The molecule has 1 aromatic rings. The minimum absolute atomic E-state index is 0.154. The normalized spacial score (nSPS) is 17.8. The Balaban J connectivity index is 1.75. The molecule has 1 aliphatic rings. The van der Waals surface area contributed by atoms with Gasteiger partial charge >= 0.3 is 6.09 Å². The Morgan fingerprint density at radius 1 is 1.35 bits per heavy atom. The maximum Gasteiger partial charge on any atom is 0.410 e. The summed E-state index contributed by atoms with van der Waals surface area (Å²) >= 11 is 0. The molecule has 5 heteroatoms. The number of benzene rings is 1. The van der Waals surface area contributed by atoms with Crippen molar-refractivity contribution in [1.29, 1.82) is 0 Å². The van der Waals surface area contributed by atoms with Crippen molar-refractivity contribution in [3.8, 4) is 0 Å². The lowest BCUT2D eigenvalue weighted by Crippen LogP contribution is -2.41. The van der Waals surface area contributed by atoms with Gasteiger partial charge in [0.25, 0.3) is 0 Å². The van der Waals surface area contributed by atoms with Crippen LogP contribution in [0.5, 0.6) is 0 Å². The highest BCUT2D eigenvalue weighted by atomic mass is 19.1. The Morgan fingerprint density at radius 3 is 2.60 bits per heavy atom. The van der Waals surface area contributed by atoms with E-state index in [2.05, 4.69) is 0 Å². The third kappa shape index (κ3) is 3.93.